The van der Waals surface area contributed by atoms with Gasteiger partial charge in [-0.1, -0.05) is 23.8 Å². The van der Waals surface area contributed by atoms with Gasteiger partial charge in [-0.3, -0.25) is 14.5 Å². The Hall–Kier alpha value is -4.06. The summed E-state index contributed by atoms with van der Waals surface area (Å²) in [6.45, 7) is 5.89. The molecule has 6 heteroatoms. The zero-order chi connectivity index (χ0) is 24.1. The van der Waals surface area contributed by atoms with Gasteiger partial charge in [0, 0.05) is 5.69 Å². The second-order valence-electron chi connectivity index (χ2n) is 8.63. The second kappa shape index (κ2) is 8.06. The van der Waals surface area contributed by atoms with Crippen molar-refractivity contribution < 1.29 is 18.7 Å². The summed E-state index contributed by atoms with van der Waals surface area (Å²) in [6, 6.07) is 16.0. The Morgan fingerprint density at radius 3 is 2.18 bits per heavy atom. The molecule has 6 nitrogen and oxygen atoms in total. The van der Waals surface area contributed by atoms with Crippen molar-refractivity contribution in [3.05, 3.63) is 98.4 Å². The van der Waals surface area contributed by atoms with Crippen LogP contribution in [0.1, 0.15) is 44.4 Å². The van der Waals surface area contributed by atoms with E-state index in [2.05, 4.69) is 0 Å². The number of hydrogen-bond donors (Lipinski definition) is 0. The first-order chi connectivity index (χ1) is 16.3. The monoisotopic (exact) mass is 455 g/mol. The number of aryl methyl sites for hydroxylation is 3. The molecule has 0 radical (unpaired) electrons. The molecule has 0 saturated heterocycles. The number of amides is 1. The highest BCUT2D eigenvalue weighted by atomic mass is 16.5. The maximum absolute atomic E-state index is 13.8. The summed E-state index contributed by atoms with van der Waals surface area (Å²) >= 11 is 0. The first kappa shape index (κ1) is 21.8. The van der Waals surface area contributed by atoms with Crippen molar-refractivity contribution in [1.82, 2.24) is 0 Å². The van der Waals surface area contributed by atoms with Crippen molar-refractivity contribution >= 4 is 22.6 Å². The quantitative estimate of drug-likeness (QED) is 0.407. The van der Waals surface area contributed by atoms with Crippen LogP contribution in [0.25, 0.3) is 11.0 Å². The molecule has 1 unspecified atom stereocenters. The molecule has 4 aromatic rings. The number of fused-ring (bicyclic) bond motifs is 2. The lowest BCUT2D eigenvalue weighted by Crippen LogP contribution is -2.29. The number of benzene rings is 3. The Balaban J connectivity index is 1.82. The lowest BCUT2D eigenvalue weighted by molar-refractivity contribution is 0.0971. The van der Waals surface area contributed by atoms with Crippen LogP contribution in [0.15, 0.2) is 63.8 Å². The second-order valence-corrected chi connectivity index (χ2v) is 8.63. The van der Waals surface area contributed by atoms with E-state index in [0.29, 0.717) is 33.7 Å². The Kier molecular flexibility index (Phi) is 5.16. The van der Waals surface area contributed by atoms with Crippen LogP contribution in [-0.4, -0.2) is 20.1 Å². The third kappa shape index (κ3) is 3.25. The summed E-state index contributed by atoms with van der Waals surface area (Å²) in [5.74, 6) is 0.799. The zero-order valence-corrected chi connectivity index (χ0v) is 19.8. The fraction of sp³-hybridized carbons (Fsp3) is 0.214. The predicted octanol–water partition coefficient (Wildman–Crippen LogP) is 5.49. The molecule has 0 N–H and O–H groups in total. The molecule has 1 aliphatic rings. The predicted molar refractivity (Wildman–Crippen MR) is 131 cm³/mol. The van der Waals surface area contributed by atoms with Crippen molar-refractivity contribution in [3.63, 3.8) is 0 Å². The van der Waals surface area contributed by atoms with Gasteiger partial charge < -0.3 is 13.9 Å². The summed E-state index contributed by atoms with van der Waals surface area (Å²) < 4.78 is 17.0. The number of carbonyl (C=O) groups excluding carboxylic acids is 1. The van der Waals surface area contributed by atoms with Crippen LogP contribution in [-0.2, 0) is 0 Å². The van der Waals surface area contributed by atoms with Crippen molar-refractivity contribution in [1.29, 1.82) is 0 Å². The number of nitrogens with zero attached hydrogens (tertiary/aromatic N) is 1. The molecule has 172 valence electrons. The maximum atomic E-state index is 13.8. The van der Waals surface area contributed by atoms with Crippen LogP contribution in [0, 0.1) is 20.8 Å². The average molecular weight is 456 g/mol. The molecular formula is C28H25NO5. The number of methoxy groups -OCH3 is 2. The van der Waals surface area contributed by atoms with E-state index < -0.39 is 6.04 Å². The lowest BCUT2D eigenvalue weighted by atomic mass is 9.97. The minimum absolute atomic E-state index is 0.0705. The summed E-state index contributed by atoms with van der Waals surface area (Å²) in [6.07, 6.45) is 0. The van der Waals surface area contributed by atoms with E-state index in [1.807, 2.05) is 63.2 Å². The third-order valence-corrected chi connectivity index (χ3v) is 6.52. The van der Waals surface area contributed by atoms with Gasteiger partial charge in [0.05, 0.1) is 31.2 Å². The highest BCUT2D eigenvalue weighted by molar-refractivity contribution is 6.10. The number of hydrogen-bond acceptors (Lipinski definition) is 5. The van der Waals surface area contributed by atoms with Gasteiger partial charge in [-0.05, 0) is 73.9 Å². The smallest absolute Gasteiger partial charge is 0.295 e. The minimum atomic E-state index is -0.674. The van der Waals surface area contributed by atoms with E-state index in [9.17, 15) is 9.59 Å². The van der Waals surface area contributed by atoms with E-state index in [4.69, 9.17) is 13.9 Å². The summed E-state index contributed by atoms with van der Waals surface area (Å²) in [5.41, 5.74) is 4.99. The molecule has 3 aromatic carbocycles. The van der Waals surface area contributed by atoms with Crippen LogP contribution in [0.5, 0.6) is 11.5 Å². The first-order valence-electron chi connectivity index (χ1n) is 11.0. The highest BCUT2D eigenvalue weighted by Gasteiger charge is 2.44. The normalized spacial score (nSPS) is 15.0. The van der Waals surface area contributed by atoms with Gasteiger partial charge >= 0.3 is 0 Å². The summed E-state index contributed by atoms with van der Waals surface area (Å²) in [7, 11) is 3.12. The highest BCUT2D eigenvalue weighted by Crippen LogP contribution is 2.43. The molecule has 1 atom stereocenters. The number of ether oxygens (including phenoxy) is 2. The first-order valence-corrected chi connectivity index (χ1v) is 11.0. The molecule has 34 heavy (non-hydrogen) atoms. The molecule has 0 bridgehead atoms. The summed E-state index contributed by atoms with van der Waals surface area (Å²) in [4.78, 5) is 29.2. The Morgan fingerprint density at radius 1 is 0.824 bits per heavy atom. The van der Waals surface area contributed by atoms with Crippen molar-refractivity contribution in [2.45, 2.75) is 26.8 Å². The van der Waals surface area contributed by atoms with Gasteiger partial charge in [0.25, 0.3) is 5.91 Å². The van der Waals surface area contributed by atoms with E-state index in [-0.39, 0.29) is 17.1 Å². The maximum Gasteiger partial charge on any atom is 0.295 e. The molecule has 1 aromatic heterocycles. The molecule has 2 heterocycles. The third-order valence-electron chi connectivity index (χ3n) is 6.52. The van der Waals surface area contributed by atoms with Crippen molar-refractivity contribution in [3.8, 4) is 11.5 Å². The van der Waals surface area contributed by atoms with Crippen LogP contribution in [0.4, 0.5) is 5.69 Å². The molecular weight excluding hydrogens is 430 g/mol. The van der Waals surface area contributed by atoms with Crippen molar-refractivity contribution in [2.75, 3.05) is 19.1 Å². The Morgan fingerprint density at radius 2 is 1.50 bits per heavy atom. The zero-order valence-electron chi connectivity index (χ0n) is 19.8. The van der Waals surface area contributed by atoms with Crippen LogP contribution >= 0.6 is 0 Å². The summed E-state index contributed by atoms with van der Waals surface area (Å²) in [5, 5.41) is 0.464. The molecule has 0 spiro atoms. The lowest BCUT2D eigenvalue weighted by Gasteiger charge is -2.26. The molecule has 0 saturated carbocycles. The molecule has 0 aliphatic carbocycles. The molecule has 0 fully saturated rings. The molecule has 1 amide bonds. The fourth-order valence-electron chi connectivity index (χ4n) is 4.54. The van der Waals surface area contributed by atoms with Gasteiger partial charge in [-0.25, -0.2) is 0 Å². The molecule has 1 aliphatic heterocycles. The fourth-order valence-corrected chi connectivity index (χ4v) is 4.54. The van der Waals surface area contributed by atoms with Crippen LogP contribution < -0.4 is 19.8 Å². The average Bonchev–Trinajstić information content (AvgIpc) is 3.13. The number of carbonyl (C=O) groups is 1. The number of anilines is 1. The van der Waals surface area contributed by atoms with Gasteiger partial charge in [0.2, 0.25) is 5.76 Å². The van der Waals surface area contributed by atoms with E-state index >= 15 is 0 Å². The van der Waals surface area contributed by atoms with Gasteiger partial charge in [0.15, 0.2) is 16.9 Å². The Labute approximate surface area is 197 Å². The Bertz CT molecular complexity index is 1500. The largest absolute Gasteiger partial charge is 0.493 e. The topological polar surface area (TPSA) is 69.0 Å². The van der Waals surface area contributed by atoms with E-state index in [1.165, 1.54) is 0 Å². The minimum Gasteiger partial charge on any atom is -0.493 e. The van der Waals surface area contributed by atoms with E-state index in [0.717, 1.165) is 22.3 Å². The van der Waals surface area contributed by atoms with Gasteiger partial charge in [-0.15, -0.1) is 0 Å². The van der Waals surface area contributed by atoms with Gasteiger partial charge in [-0.2, -0.15) is 0 Å². The van der Waals surface area contributed by atoms with Crippen molar-refractivity contribution in [2.24, 2.45) is 0 Å². The standard InChI is InChI=1S/C28H25NO5/c1-15-6-9-19(10-7-15)29-25(18-8-11-21(32-4)23(14-18)33-5)24-26(30)20-12-16(2)17(3)13-22(20)34-27(24)28(29)31/h6-14,25H,1-5H3. The molecule has 5 rings (SSSR count). The number of rotatable bonds is 4. The van der Waals surface area contributed by atoms with Gasteiger partial charge in [0.1, 0.15) is 5.58 Å². The van der Waals surface area contributed by atoms with E-state index in [1.54, 1.807) is 31.3 Å². The SMILES string of the molecule is COc1ccc(C2c3c(oc4cc(C)c(C)cc4c3=O)C(=O)N2c2ccc(C)cc2)cc1OC. The van der Waals surface area contributed by atoms with Crippen LogP contribution in [0.2, 0.25) is 0 Å². The van der Waals surface area contributed by atoms with Crippen LogP contribution in [0.3, 0.4) is 0 Å².